The lowest BCUT2D eigenvalue weighted by Crippen LogP contribution is -2.32. The van der Waals surface area contributed by atoms with Crippen LogP contribution in [0.5, 0.6) is 0 Å². The summed E-state index contributed by atoms with van der Waals surface area (Å²) >= 11 is 0. The fourth-order valence-electron chi connectivity index (χ4n) is 3.05. The molecule has 118 valence electrons. The van der Waals surface area contributed by atoms with E-state index in [2.05, 4.69) is 34.1 Å². The fraction of sp³-hybridized carbons (Fsp3) is 0.353. The number of H-pyrrole nitrogens is 1. The van der Waals surface area contributed by atoms with Crippen LogP contribution in [-0.4, -0.2) is 31.8 Å². The lowest BCUT2D eigenvalue weighted by Gasteiger charge is -2.21. The molecule has 6 heteroatoms. The number of carbonyl (C=O) groups excluding carboxylic acids is 1. The van der Waals surface area contributed by atoms with Crippen molar-refractivity contribution in [3.8, 4) is 11.5 Å². The van der Waals surface area contributed by atoms with E-state index in [1.807, 2.05) is 35.7 Å². The van der Waals surface area contributed by atoms with E-state index >= 15 is 0 Å². The van der Waals surface area contributed by atoms with Crippen LogP contribution in [0, 0.1) is 12.3 Å². The Hall–Kier alpha value is -2.63. The molecule has 1 aliphatic rings. The number of aromatic amines is 1. The molecule has 3 aromatic rings. The Bertz CT molecular complexity index is 918. The van der Waals surface area contributed by atoms with Gasteiger partial charge in [-0.3, -0.25) is 4.79 Å². The Morgan fingerprint density at radius 3 is 2.87 bits per heavy atom. The highest BCUT2D eigenvalue weighted by Crippen LogP contribution is 2.27. The zero-order chi connectivity index (χ0) is 16.2. The van der Waals surface area contributed by atoms with Crippen molar-refractivity contribution in [2.45, 2.75) is 27.2 Å². The molecular weight excluding hydrogens is 290 g/mol. The number of fused-ring (bicyclic) bond motifs is 2. The number of rotatable bonds is 1. The first-order valence-electron chi connectivity index (χ1n) is 7.75. The maximum absolute atomic E-state index is 12.2. The number of aryl methyl sites for hydroxylation is 1. The number of nitrogens with zero attached hydrogens (tertiary/aromatic N) is 3. The lowest BCUT2D eigenvalue weighted by atomic mass is 9.88. The average Bonchev–Trinajstić information content (AvgIpc) is 3.07. The Labute approximate surface area is 134 Å². The summed E-state index contributed by atoms with van der Waals surface area (Å²) in [6.07, 6.45) is 2.73. The van der Waals surface area contributed by atoms with Gasteiger partial charge in [-0.15, -0.1) is 0 Å². The lowest BCUT2D eigenvalue weighted by molar-refractivity contribution is 0.0940. The zero-order valence-electron chi connectivity index (χ0n) is 13.5. The number of amides is 1. The first kappa shape index (κ1) is 14.0. The maximum atomic E-state index is 12.2. The minimum Gasteiger partial charge on any atom is -0.350 e. The van der Waals surface area contributed by atoms with Crippen LogP contribution in [0.3, 0.4) is 0 Å². The van der Waals surface area contributed by atoms with Crippen LogP contribution < -0.4 is 5.32 Å². The third-order valence-corrected chi connectivity index (χ3v) is 4.32. The van der Waals surface area contributed by atoms with Crippen LogP contribution in [0.2, 0.25) is 0 Å². The minimum atomic E-state index is -0.118. The Morgan fingerprint density at radius 2 is 2.09 bits per heavy atom. The normalized spacial score (nSPS) is 16.9. The summed E-state index contributed by atoms with van der Waals surface area (Å²) in [5.74, 6) is 0.527. The molecule has 1 aliphatic heterocycles. The third-order valence-electron chi connectivity index (χ3n) is 4.32. The van der Waals surface area contributed by atoms with E-state index in [-0.39, 0.29) is 11.3 Å². The van der Waals surface area contributed by atoms with Gasteiger partial charge in [-0.25, -0.2) is 9.97 Å². The first-order chi connectivity index (χ1) is 10.9. The van der Waals surface area contributed by atoms with Crippen molar-refractivity contribution in [1.82, 2.24) is 24.7 Å². The molecule has 0 saturated heterocycles. The van der Waals surface area contributed by atoms with Gasteiger partial charge < -0.3 is 14.7 Å². The predicted octanol–water partition coefficient (Wildman–Crippen LogP) is 2.34. The molecule has 23 heavy (non-hydrogen) atoms. The standard InChI is InChI=1S/C17H19N5O/c1-10-5-4-6-13-19-12(8-22(10)13)15-20-11-7-17(2,3)9-18-16(23)14(11)21-15/h4-6,8H,7,9H2,1-3H3,(H,18,23)(H,20,21). The highest BCUT2D eigenvalue weighted by atomic mass is 16.1. The van der Waals surface area contributed by atoms with Crippen molar-refractivity contribution < 1.29 is 4.79 Å². The second kappa shape index (κ2) is 4.68. The summed E-state index contributed by atoms with van der Waals surface area (Å²) in [4.78, 5) is 24.7. The van der Waals surface area contributed by atoms with Crippen LogP contribution in [0.1, 0.15) is 35.7 Å². The number of carbonyl (C=O) groups is 1. The molecule has 2 N–H and O–H groups in total. The van der Waals surface area contributed by atoms with E-state index in [0.29, 0.717) is 18.1 Å². The number of nitrogens with one attached hydrogen (secondary N) is 2. The second-order valence-corrected chi connectivity index (χ2v) is 6.96. The van der Waals surface area contributed by atoms with Gasteiger partial charge in [-0.1, -0.05) is 19.9 Å². The molecule has 0 saturated carbocycles. The van der Waals surface area contributed by atoms with Crippen LogP contribution in [0.25, 0.3) is 17.2 Å². The van der Waals surface area contributed by atoms with Crippen molar-refractivity contribution in [2.24, 2.45) is 5.41 Å². The second-order valence-electron chi connectivity index (χ2n) is 6.96. The fourth-order valence-corrected chi connectivity index (χ4v) is 3.05. The molecule has 4 heterocycles. The van der Waals surface area contributed by atoms with Crippen molar-refractivity contribution in [1.29, 1.82) is 0 Å². The summed E-state index contributed by atoms with van der Waals surface area (Å²) in [5.41, 5.74) is 4.09. The molecule has 0 fully saturated rings. The maximum Gasteiger partial charge on any atom is 0.271 e. The molecule has 0 radical (unpaired) electrons. The molecule has 0 aliphatic carbocycles. The number of pyridine rings is 1. The molecule has 0 atom stereocenters. The largest absolute Gasteiger partial charge is 0.350 e. The monoisotopic (exact) mass is 309 g/mol. The molecular formula is C17H19N5O. The number of hydrogen-bond acceptors (Lipinski definition) is 3. The number of imidazole rings is 2. The Balaban J connectivity index is 1.82. The highest BCUT2D eigenvalue weighted by molar-refractivity contribution is 5.94. The van der Waals surface area contributed by atoms with Crippen molar-refractivity contribution in [2.75, 3.05) is 6.54 Å². The predicted molar refractivity (Wildman–Crippen MR) is 87.3 cm³/mol. The SMILES string of the molecule is Cc1cccc2nc(-c3nc4c([nH]3)CC(C)(C)CNC4=O)cn12. The van der Waals surface area contributed by atoms with E-state index in [1.54, 1.807) is 0 Å². The topological polar surface area (TPSA) is 75.1 Å². The summed E-state index contributed by atoms with van der Waals surface area (Å²) in [6, 6.07) is 5.97. The molecule has 3 aromatic heterocycles. The van der Waals surface area contributed by atoms with E-state index in [4.69, 9.17) is 0 Å². The molecule has 0 spiro atoms. The van der Waals surface area contributed by atoms with E-state index in [1.165, 1.54) is 0 Å². The van der Waals surface area contributed by atoms with Crippen LogP contribution in [0.4, 0.5) is 0 Å². The molecule has 0 aromatic carbocycles. The first-order valence-corrected chi connectivity index (χ1v) is 7.75. The van der Waals surface area contributed by atoms with Crippen molar-refractivity contribution in [3.05, 3.63) is 41.5 Å². The molecule has 6 nitrogen and oxygen atoms in total. The van der Waals surface area contributed by atoms with E-state index in [0.717, 1.165) is 29.1 Å². The molecule has 0 bridgehead atoms. The van der Waals surface area contributed by atoms with Crippen molar-refractivity contribution in [3.63, 3.8) is 0 Å². The van der Waals surface area contributed by atoms with Gasteiger partial charge in [0.1, 0.15) is 17.0 Å². The number of aromatic nitrogens is 4. The minimum absolute atomic E-state index is 0.000213. The Kier molecular flexibility index (Phi) is 2.85. The van der Waals surface area contributed by atoms with Crippen LogP contribution >= 0.6 is 0 Å². The van der Waals surface area contributed by atoms with Crippen LogP contribution in [0.15, 0.2) is 24.4 Å². The van der Waals surface area contributed by atoms with E-state index < -0.39 is 0 Å². The molecule has 0 unspecified atom stereocenters. The van der Waals surface area contributed by atoms with Gasteiger partial charge in [0.25, 0.3) is 5.91 Å². The van der Waals surface area contributed by atoms with E-state index in [9.17, 15) is 4.79 Å². The molecule has 1 amide bonds. The summed E-state index contributed by atoms with van der Waals surface area (Å²) < 4.78 is 2.02. The molecule has 4 rings (SSSR count). The highest BCUT2D eigenvalue weighted by Gasteiger charge is 2.30. The summed E-state index contributed by atoms with van der Waals surface area (Å²) in [7, 11) is 0. The number of hydrogen-bond donors (Lipinski definition) is 2. The van der Waals surface area contributed by atoms with Gasteiger partial charge in [-0.05, 0) is 30.9 Å². The van der Waals surface area contributed by atoms with Crippen molar-refractivity contribution >= 4 is 11.6 Å². The van der Waals surface area contributed by atoms with Gasteiger partial charge in [0, 0.05) is 24.1 Å². The van der Waals surface area contributed by atoms with Crippen LogP contribution in [-0.2, 0) is 6.42 Å². The van der Waals surface area contributed by atoms with Gasteiger partial charge in [0.05, 0.1) is 0 Å². The summed E-state index contributed by atoms with van der Waals surface area (Å²) in [6.45, 7) is 6.96. The quantitative estimate of drug-likeness (QED) is 0.724. The van der Waals surface area contributed by atoms with Gasteiger partial charge in [0.15, 0.2) is 5.82 Å². The van der Waals surface area contributed by atoms with Gasteiger partial charge in [-0.2, -0.15) is 0 Å². The zero-order valence-corrected chi connectivity index (χ0v) is 13.5. The third kappa shape index (κ3) is 2.30. The van der Waals surface area contributed by atoms with Gasteiger partial charge in [0.2, 0.25) is 0 Å². The smallest absolute Gasteiger partial charge is 0.271 e. The average molecular weight is 309 g/mol. The van der Waals surface area contributed by atoms with Gasteiger partial charge >= 0.3 is 0 Å². The Morgan fingerprint density at radius 1 is 1.26 bits per heavy atom. The summed E-state index contributed by atoms with van der Waals surface area (Å²) in [5, 5.41) is 2.94.